The fraction of sp³-hybridized carbons (Fsp3) is 0.182. The summed E-state index contributed by atoms with van der Waals surface area (Å²) in [5.74, 6) is -0.404. The average molecular weight is 258 g/mol. The lowest BCUT2D eigenvalue weighted by Gasteiger charge is -2.01. The summed E-state index contributed by atoms with van der Waals surface area (Å²) in [5, 5.41) is 11.8. The molecule has 0 saturated carbocycles. The molecule has 2 nitrogen and oxygen atoms in total. The fourth-order valence-electron chi connectivity index (χ4n) is 1.29. The molecule has 0 saturated heterocycles. The van der Waals surface area contributed by atoms with Gasteiger partial charge in [-0.1, -0.05) is 17.7 Å². The van der Waals surface area contributed by atoms with E-state index in [1.54, 1.807) is 24.4 Å². The van der Waals surface area contributed by atoms with Crippen LogP contribution in [0.2, 0.25) is 5.02 Å². The van der Waals surface area contributed by atoms with E-state index in [1.165, 1.54) is 17.4 Å². The molecule has 0 aliphatic rings. The standard InChI is InChI=1S/C11H9ClFNOS/c1-6(15)9-5-16-11(14-9)10-7(12)3-2-4-8(10)13/h2-6,15H,1H3. The smallest absolute Gasteiger partial charge is 0.134 e. The minimum absolute atomic E-state index is 0.293. The number of aliphatic hydroxyl groups excluding tert-OH is 1. The summed E-state index contributed by atoms with van der Waals surface area (Å²) in [6.45, 7) is 1.61. The first kappa shape index (κ1) is 11.5. The van der Waals surface area contributed by atoms with Crippen LogP contribution < -0.4 is 0 Å². The van der Waals surface area contributed by atoms with Crippen LogP contribution in [0.25, 0.3) is 10.6 Å². The number of hydrogen-bond donors (Lipinski definition) is 1. The molecule has 0 radical (unpaired) electrons. The lowest BCUT2D eigenvalue weighted by Crippen LogP contribution is -1.91. The maximum atomic E-state index is 13.6. The van der Waals surface area contributed by atoms with Crippen LogP contribution in [-0.4, -0.2) is 10.1 Å². The van der Waals surface area contributed by atoms with Gasteiger partial charge >= 0.3 is 0 Å². The minimum Gasteiger partial charge on any atom is -0.387 e. The molecule has 1 aromatic heterocycles. The molecule has 0 fully saturated rings. The summed E-state index contributed by atoms with van der Waals surface area (Å²) in [4.78, 5) is 4.15. The number of aliphatic hydroxyl groups is 1. The Morgan fingerprint density at radius 3 is 2.81 bits per heavy atom. The Morgan fingerprint density at radius 1 is 1.50 bits per heavy atom. The normalized spacial score (nSPS) is 12.8. The molecular weight excluding hydrogens is 249 g/mol. The van der Waals surface area contributed by atoms with E-state index < -0.39 is 11.9 Å². The van der Waals surface area contributed by atoms with E-state index in [1.807, 2.05) is 0 Å². The van der Waals surface area contributed by atoms with E-state index in [4.69, 9.17) is 11.6 Å². The van der Waals surface area contributed by atoms with E-state index in [9.17, 15) is 9.50 Å². The Labute approximate surface area is 101 Å². The highest BCUT2D eigenvalue weighted by molar-refractivity contribution is 7.13. The zero-order chi connectivity index (χ0) is 11.7. The second kappa shape index (κ2) is 4.49. The molecule has 2 rings (SSSR count). The third-order valence-electron chi connectivity index (χ3n) is 2.13. The predicted molar refractivity (Wildman–Crippen MR) is 63.2 cm³/mol. The maximum absolute atomic E-state index is 13.6. The number of nitrogens with zero attached hydrogens (tertiary/aromatic N) is 1. The molecule has 1 atom stereocenters. The highest BCUT2D eigenvalue weighted by atomic mass is 35.5. The molecule has 0 bridgehead atoms. The molecule has 0 aliphatic carbocycles. The predicted octanol–water partition coefficient (Wildman–Crippen LogP) is 3.66. The molecule has 1 heterocycles. The lowest BCUT2D eigenvalue weighted by molar-refractivity contribution is 0.195. The summed E-state index contributed by atoms with van der Waals surface area (Å²) in [6, 6.07) is 4.50. The van der Waals surface area contributed by atoms with Gasteiger partial charge in [0.15, 0.2) is 0 Å². The van der Waals surface area contributed by atoms with Gasteiger partial charge in [-0.25, -0.2) is 9.37 Å². The Morgan fingerprint density at radius 2 is 2.25 bits per heavy atom. The van der Waals surface area contributed by atoms with Crippen LogP contribution in [0.1, 0.15) is 18.7 Å². The van der Waals surface area contributed by atoms with Gasteiger partial charge in [0.25, 0.3) is 0 Å². The van der Waals surface area contributed by atoms with Crippen molar-refractivity contribution in [1.29, 1.82) is 0 Å². The monoisotopic (exact) mass is 257 g/mol. The zero-order valence-corrected chi connectivity index (χ0v) is 10.0. The van der Waals surface area contributed by atoms with Crippen LogP contribution in [0.15, 0.2) is 23.6 Å². The minimum atomic E-state index is -0.657. The molecule has 0 aliphatic heterocycles. The van der Waals surface area contributed by atoms with Gasteiger partial charge in [0.1, 0.15) is 10.8 Å². The number of halogens is 2. The van der Waals surface area contributed by atoms with E-state index >= 15 is 0 Å². The first-order valence-corrected chi connectivity index (χ1v) is 5.93. The third kappa shape index (κ3) is 2.09. The number of benzene rings is 1. The second-order valence-corrected chi connectivity index (χ2v) is 4.62. The lowest BCUT2D eigenvalue weighted by atomic mass is 10.2. The van der Waals surface area contributed by atoms with Crippen LogP contribution in [0.5, 0.6) is 0 Å². The molecule has 2 aromatic rings. The largest absolute Gasteiger partial charge is 0.387 e. The highest BCUT2D eigenvalue weighted by Gasteiger charge is 2.14. The van der Waals surface area contributed by atoms with Gasteiger partial charge in [-0.05, 0) is 19.1 Å². The number of thiazole rings is 1. The summed E-state index contributed by atoms with van der Waals surface area (Å²) in [5.41, 5.74) is 0.820. The maximum Gasteiger partial charge on any atom is 0.134 e. The van der Waals surface area contributed by atoms with Crippen molar-refractivity contribution in [2.45, 2.75) is 13.0 Å². The van der Waals surface area contributed by atoms with Crippen LogP contribution in [0.4, 0.5) is 4.39 Å². The van der Waals surface area contributed by atoms with Crippen molar-refractivity contribution in [2.24, 2.45) is 0 Å². The number of hydrogen-bond acceptors (Lipinski definition) is 3. The van der Waals surface area contributed by atoms with Gasteiger partial charge in [0.05, 0.1) is 22.4 Å². The van der Waals surface area contributed by atoms with Crippen molar-refractivity contribution in [2.75, 3.05) is 0 Å². The van der Waals surface area contributed by atoms with Gasteiger partial charge < -0.3 is 5.11 Å². The Kier molecular flexibility index (Phi) is 3.23. The third-order valence-corrected chi connectivity index (χ3v) is 3.32. The first-order chi connectivity index (χ1) is 7.59. The van der Waals surface area contributed by atoms with Crippen molar-refractivity contribution < 1.29 is 9.50 Å². The van der Waals surface area contributed by atoms with Gasteiger partial charge in [-0.15, -0.1) is 11.3 Å². The van der Waals surface area contributed by atoms with E-state index in [0.717, 1.165) is 0 Å². The molecule has 1 unspecified atom stereocenters. The SMILES string of the molecule is CC(O)c1csc(-c2c(F)cccc2Cl)n1. The molecule has 1 aromatic carbocycles. The Balaban J connectivity index is 2.50. The molecule has 16 heavy (non-hydrogen) atoms. The quantitative estimate of drug-likeness (QED) is 0.891. The summed E-state index contributed by atoms with van der Waals surface area (Å²) >= 11 is 7.18. The molecule has 84 valence electrons. The van der Waals surface area contributed by atoms with Crippen LogP contribution in [0, 0.1) is 5.82 Å². The van der Waals surface area contributed by atoms with Crippen LogP contribution in [-0.2, 0) is 0 Å². The van der Waals surface area contributed by atoms with E-state index in [0.29, 0.717) is 21.3 Å². The van der Waals surface area contributed by atoms with E-state index in [2.05, 4.69) is 4.98 Å². The molecular formula is C11H9ClFNOS. The Hall–Kier alpha value is -0.970. The average Bonchev–Trinajstić information content (AvgIpc) is 2.66. The van der Waals surface area contributed by atoms with Crippen molar-refractivity contribution in [1.82, 2.24) is 4.98 Å². The van der Waals surface area contributed by atoms with Crippen molar-refractivity contribution in [3.8, 4) is 10.6 Å². The molecule has 1 N–H and O–H groups in total. The van der Waals surface area contributed by atoms with Gasteiger partial charge in [-0.3, -0.25) is 0 Å². The second-order valence-electron chi connectivity index (χ2n) is 3.35. The van der Waals surface area contributed by atoms with Crippen molar-refractivity contribution in [3.63, 3.8) is 0 Å². The summed E-state index contributed by atoms with van der Waals surface area (Å²) in [6.07, 6.45) is -0.657. The van der Waals surface area contributed by atoms with Gasteiger partial charge in [0, 0.05) is 5.38 Å². The molecule has 5 heteroatoms. The first-order valence-electron chi connectivity index (χ1n) is 4.67. The van der Waals surface area contributed by atoms with Crippen LogP contribution in [0.3, 0.4) is 0 Å². The van der Waals surface area contributed by atoms with Crippen LogP contribution >= 0.6 is 22.9 Å². The number of aromatic nitrogens is 1. The van der Waals surface area contributed by atoms with Gasteiger partial charge in [-0.2, -0.15) is 0 Å². The summed E-state index contributed by atoms with van der Waals surface area (Å²) < 4.78 is 13.6. The molecule has 0 amide bonds. The van der Waals surface area contributed by atoms with Gasteiger partial charge in [0.2, 0.25) is 0 Å². The number of rotatable bonds is 2. The summed E-state index contributed by atoms with van der Waals surface area (Å²) in [7, 11) is 0. The topological polar surface area (TPSA) is 33.1 Å². The highest BCUT2D eigenvalue weighted by Crippen LogP contribution is 2.33. The van der Waals surface area contributed by atoms with E-state index in [-0.39, 0.29) is 0 Å². The fourth-order valence-corrected chi connectivity index (χ4v) is 2.57. The zero-order valence-electron chi connectivity index (χ0n) is 8.45. The van der Waals surface area contributed by atoms with Crippen molar-refractivity contribution in [3.05, 3.63) is 40.1 Å². The van der Waals surface area contributed by atoms with Crippen molar-refractivity contribution >= 4 is 22.9 Å². The molecule has 0 spiro atoms. The Bertz CT molecular complexity index is 492.